The molecule has 1 unspecified atom stereocenters. The quantitative estimate of drug-likeness (QED) is 0.643. The van der Waals surface area contributed by atoms with Gasteiger partial charge in [-0.15, -0.1) is 11.3 Å². The van der Waals surface area contributed by atoms with E-state index in [2.05, 4.69) is 22.1 Å². The van der Waals surface area contributed by atoms with Gasteiger partial charge >= 0.3 is 6.18 Å². The van der Waals surface area contributed by atoms with Crippen molar-refractivity contribution in [1.82, 2.24) is 14.8 Å². The molecule has 0 aliphatic carbocycles. The molecule has 1 N–H and O–H groups in total. The molecule has 34 heavy (non-hydrogen) atoms. The van der Waals surface area contributed by atoms with Crippen LogP contribution in [0.15, 0.2) is 29.6 Å². The van der Waals surface area contributed by atoms with Crippen LogP contribution in [0, 0.1) is 11.8 Å². The van der Waals surface area contributed by atoms with Gasteiger partial charge in [0, 0.05) is 43.0 Å². The van der Waals surface area contributed by atoms with Gasteiger partial charge in [0.1, 0.15) is 0 Å². The van der Waals surface area contributed by atoms with Crippen LogP contribution in [-0.4, -0.2) is 52.8 Å². The third-order valence-corrected chi connectivity index (χ3v) is 7.33. The van der Waals surface area contributed by atoms with Gasteiger partial charge in [0.05, 0.1) is 11.3 Å². The Labute approximate surface area is 201 Å². The zero-order valence-corrected chi connectivity index (χ0v) is 19.9. The van der Waals surface area contributed by atoms with Crippen molar-refractivity contribution in [2.75, 3.05) is 31.5 Å². The number of nitrogens with one attached hydrogen (secondary N) is 1. The molecular weight excluding hydrogens is 465 g/mol. The average Bonchev–Trinajstić information content (AvgIpc) is 3.24. The van der Waals surface area contributed by atoms with Crippen molar-refractivity contribution in [2.24, 2.45) is 11.8 Å². The fourth-order valence-corrected chi connectivity index (χ4v) is 5.34. The number of aromatic nitrogens is 1. The first-order chi connectivity index (χ1) is 16.2. The topological polar surface area (TPSA) is 65.5 Å². The van der Waals surface area contributed by atoms with Crippen LogP contribution >= 0.6 is 11.3 Å². The molecular formula is C24H29F3N4O2S. The summed E-state index contributed by atoms with van der Waals surface area (Å²) in [4.78, 5) is 33.9. The lowest BCUT2D eigenvalue weighted by Crippen LogP contribution is -2.41. The Morgan fingerprint density at radius 3 is 2.47 bits per heavy atom. The van der Waals surface area contributed by atoms with E-state index in [1.807, 2.05) is 5.38 Å². The molecule has 6 nitrogen and oxygen atoms in total. The van der Waals surface area contributed by atoms with Gasteiger partial charge in [-0.2, -0.15) is 13.2 Å². The molecule has 0 radical (unpaired) electrons. The van der Waals surface area contributed by atoms with Crippen molar-refractivity contribution in [3.8, 4) is 0 Å². The van der Waals surface area contributed by atoms with Crippen LogP contribution in [0.4, 0.5) is 18.3 Å². The maximum absolute atomic E-state index is 12.7. The summed E-state index contributed by atoms with van der Waals surface area (Å²) >= 11 is 1.42. The highest BCUT2D eigenvalue weighted by atomic mass is 32.1. The molecule has 10 heteroatoms. The van der Waals surface area contributed by atoms with Crippen molar-refractivity contribution < 1.29 is 22.8 Å². The summed E-state index contributed by atoms with van der Waals surface area (Å²) in [7, 11) is 0. The third kappa shape index (κ3) is 6.15. The van der Waals surface area contributed by atoms with E-state index in [0.717, 1.165) is 37.5 Å². The number of hydrogen-bond acceptors (Lipinski definition) is 5. The van der Waals surface area contributed by atoms with E-state index in [4.69, 9.17) is 0 Å². The number of halogens is 3. The first-order valence-corrected chi connectivity index (χ1v) is 12.5. The van der Waals surface area contributed by atoms with Crippen molar-refractivity contribution in [1.29, 1.82) is 0 Å². The van der Waals surface area contributed by atoms with E-state index in [9.17, 15) is 22.8 Å². The Kier molecular flexibility index (Phi) is 7.57. The predicted octanol–water partition coefficient (Wildman–Crippen LogP) is 4.88. The summed E-state index contributed by atoms with van der Waals surface area (Å²) in [6.45, 7) is 5.97. The molecule has 1 aromatic heterocycles. The molecule has 2 amide bonds. The minimum Gasteiger partial charge on any atom is -0.339 e. The standard InChI is InChI=1S/C24H29F3N4O2S/c1-16-3-2-10-30(13-16)14-20-15-34-23(28-20)29-21(32)17-8-11-31(12-9-17)22(33)18-4-6-19(7-5-18)24(25,26)27/h4-7,15-17H,2-3,8-14H2,1H3,(H,28,29,32). The van der Waals surface area contributed by atoms with E-state index >= 15 is 0 Å². The fourth-order valence-electron chi connectivity index (χ4n) is 4.63. The molecule has 0 spiro atoms. The third-order valence-electron chi connectivity index (χ3n) is 6.52. The second kappa shape index (κ2) is 10.4. The van der Waals surface area contributed by atoms with Gasteiger partial charge in [0.2, 0.25) is 5.91 Å². The first-order valence-electron chi connectivity index (χ1n) is 11.6. The second-order valence-corrected chi connectivity index (χ2v) is 10.1. The number of benzene rings is 1. The lowest BCUT2D eigenvalue weighted by Gasteiger charge is -2.31. The zero-order chi connectivity index (χ0) is 24.3. The molecule has 3 heterocycles. The SMILES string of the molecule is CC1CCCN(Cc2csc(NC(=O)C3CCN(C(=O)c4ccc(C(F)(F)F)cc4)CC3)n2)C1. The molecule has 2 aliphatic rings. The fraction of sp³-hybridized carbons (Fsp3) is 0.542. The summed E-state index contributed by atoms with van der Waals surface area (Å²) in [5.41, 5.74) is 0.399. The van der Waals surface area contributed by atoms with Crippen LogP contribution in [0.2, 0.25) is 0 Å². The van der Waals surface area contributed by atoms with Crippen molar-refractivity contribution >= 4 is 28.3 Å². The number of carbonyl (C=O) groups is 2. The molecule has 2 fully saturated rings. The van der Waals surface area contributed by atoms with Crippen molar-refractivity contribution in [3.05, 3.63) is 46.5 Å². The van der Waals surface area contributed by atoms with Crippen LogP contribution in [-0.2, 0) is 17.5 Å². The van der Waals surface area contributed by atoms with Crippen LogP contribution in [0.1, 0.15) is 54.2 Å². The number of amides is 2. The minimum absolute atomic E-state index is 0.103. The van der Waals surface area contributed by atoms with Gasteiger partial charge < -0.3 is 10.2 Å². The molecule has 4 rings (SSSR count). The summed E-state index contributed by atoms with van der Waals surface area (Å²) in [5.74, 6) is 0.0498. The van der Waals surface area contributed by atoms with Crippen LogP contribution in [0.25, 0.3) is 0 Å². The number of thiazole rings is 1. The van der Waals surface area contributed by atoms with Crippen LogP contribution in [0.3, 0.4) is 0 Å². The monoisotopic (exact) mass is 494 g/mol. The number of alkyl halides is 3. The number of hydrogen-bond donors (Lipinski definition) is 1. The van der Waals surface area contributed by atoms with Crippen LogP contribution < -0.4 is 5.32 Å². The Hall–Kier alpha value is -2.46. The second-order valence-electron chi connectivity index (χ2n) is 9.26. The highest BCUT2D eigenvalue weighted by Gasteiger charge is 2.31. The zero-order valence-electron chi connectivity index (χ0n) is 19.1. The summed E-state index contributed by atoms with van der Waals surface area (Å²) < 4.78 is 38.2. The summed E-state index contributed by atoms with van der Waals surface area (Å²) in [5, 5.41) is 5.49. The number of likely N-dealkylation sites (tertiary alicyclic amines) is 2. The molecule has 1 atom stereocenters. The predicted molar refractivity (Wildman–Crippen MR) is 124 cm³/mol. The number of rotatable bonds is 5. The van der Waals surface area contributed by atoms with E-state index < -0.39 is 11.7 Å². The van der Waals surface area contributed by atoms with E-state index in [1.54, 1.807) is 4.90 Å². The normalized spacial score (nSPS) is 20.4. The molecule has 0 bridgehead atoms. The van der Waals surface area contributed by atoms with Gasteiger partial charge in [0.15, 0.2) is 5.13 Å². The number of carbonyl (C=O) groups excluding carboxylic acids is 2. The highest BCUT2D eigenvalue weighted by molar-refractivity contribution is 7.13. The van der Waals surface area contributed by atoms with E-state index in [-0.39, 0.29) is 23.3 Å². The summed E-state index contributed by atoms with van der Waals surface area (Å²) in [6.07, 6.45) is -0.958. The van der Waals surface area contributed by atoms with Gasteiger partial charge in [-0.3, -0.25) is 14.5 Å². The number of nitrogens with zero attached hydrogens (tertiary/aromatic N) is 3. The Bertz CT molecular complexity index is 1000. The maximum Gasteiger partial charge on any atom is 0.416 e. The van der Waals surface area contributed by atoms with Gasteiger partial charge in [-0.1, -0.05) is 6.92 Å². The van der Waals surface area contributed by atoms with Crippen LogP contribution in [0.5, 0.6) is 0 Å². The lowest BCUT2D eigenvalue weighted by atomic mass is 9.95. The number of anilines is 1. The smallest absolute Gasteiger partial charge is 0.339 e. The highest BCUT2D eigenvalue weighted by Crippen LogP contribution is 2.30. The Morgan fingerprint density at radius 2 is 1.82 bits per heavy atom. The van der Waals surface area contributed by atoms with Gasteiger partial charge in [-0.05, 0) is 62.4 Å². The van der Waals surface area contributed by atoms with E-state index in [0.29, 0.717) is 37.0 Å². The molecule has 0 saturated carbocycles. The lowest BCUT2D eigenvalue weighted by molar-refractivity contribution is -0.137. The van der Waals surface area contributed by atoms with Crippen molar-refractivity contribution in [3.63, 3.8) is 0 Å². The Balaban J connectivity index is 1.25. The molecule has 2 aliphatic heterocycles. The molecule has 2 aromatic rings. The molecule has 184 valence electrons. The largest absolute Gasteiger partial charge is 0.416 e. The van der Waals surface area contributed by atoms with E-state index in [1.165, 1.54) is 36.3 Å². The number of piperidine rings is 2. The van der Waals surface area contributed by atoms with Crippen molar-refractivity contribution in [2.45, 2.75) is 45.3 Å². The summed E-state index contributed by atoms with van der Waals surface area (Å²) in [6, 6.07) is 4.24. The Morgan fingerprint density at radius 1 is 1.12 bits per heavy atom. The minimum atomic E-state index is -4.43. The molecule has 2 saturated heterocycles. The van der Waals surface area contributed by atoms with Gasteiger partial charge in [0.25, 0.3) is 5.91 Å². The molecule has 1 aromatic carbocycles. The maximum atomic E-state index is 12.7. The first kappa shape index (κ1) is 24.7. The average molecular weight is 495 g/mol. The van der Waals surface area contributed by atoms with Gasteiger partial charge in [-0.25, -0.2) is 4.98 Å².